The molecular weight excluding hydrogens is 362 g/mol. The number of carbonyl (C=O) groups is 1. The molecule has 0 bridgehead atoms. The summed E-state index contributed by atoms with van der Waals surface area (Å²) in [4.78, 5) is 12.8. The van der Waals surface area contributed by atoms with Gasteiger partial charge in [-0.3, -0.25) is 9.36 Å². The van der Waals surface area contributed by atoms with Crippen LogP contribution in [-0.2, 0) is 4.79 Å². The molecule has 142 valence electrons. The number of hydrogen-bond donors (Lipinski definition) is 1. The summed E-state index contributed by atoms with van der Waals surface area (Å²) < 4.78 is 6.95. The van der Waals surface area contributed by atoms with Crippen LogP contribution in [0.2, 0.25) is 0 Å². The lowest BCUT2D eigenvalue weighted by molar-refractivity contribution is -0.115. The molecule has 0 spiro atoms. The van der Waals surface area contributed by atoms with Crippen LogP contribution in [0.3, 0.4) is 0 Å². The fraction of sp³-hybridized carbons (Fsp3) is 0.368. The molecule has 3 rings (SSSR count). The van der Waals surface area contributed by atoms with Gasteiger partial charge in [-0.2, -0.15) is 0 Å². The zero-order valence-electron chi connectivity index (χ0n) is 15.7. The van der Waals surface area contributed by atoms with Gasteiger partial charge < -0.3 is 9.84 Å². The Morgan fingerprint density at radius 1 is 1.33 bits per heavy atom. The van der Waals surface area contributed by atoms with Crippen LogP contribution in [0.25, 0.3) is 5.69 Å². The van der Waals surface area contributed by atoms with Crippen molar-refractivity contribution >= 4 is 23.5 Å². The second kappa shape index (κ2) is 8.85. The standard InChI is InChI=1S/C19H23N5O2S/c1-4-5-10-16(18(25)21-17-11-14(3)26-23-17)27-19-22-20-12-24(19)15-9-7-6-8-13(15)2/h6-9,11-12,16H,4-5,10H2,1-3H3,(H,21,23,25)/t16-/m0/s1. The molecule has 0 radical (unpaired) electrons. The van der Waals surface area contributed by atoms with Gasteiger partial charge in [-0.25, -0.2) is 0 Å². The minimum Gasteiger partial charge on any atom is -0.360 e. The number of nitrogens with zero attached hydrogens (tertiary/aromatic N) is 4. The smallest absolute Gasteiger partial charge is 0.239 e. The maximum Gasteiger partial charge on any atom is 0.239 e. The molecule has 2 heterocycles. The van der Waals surface area contributed by atoms with E-state index in [2.05, 4.69) is 27.6 Å². The molecule has 0 aliphatic carbocycles. The first kappa shape index (κ1) is 19.2. The Balaban J connectivity index is 1.80. The summed E-state index contributed by atoms with van der Waals surface area (Å²) >= 11 is 1.42. The zero-order chi connectivity index (χ0) is 19.2. The molecule has 0 fully saturated rings. The number of hydrogen-bond acceptors (Lipinski definition) is 6. The Bertz CT molecular complexity index is 905. The van der Waals surface area contributed by atoms with E-state index < -0.39 is 0 Å². The number of nitrogens with one attached hydrogen (secondary N) is 1. The number of anilines is 1. The lowest BCUT2D eigenvalue weighted by Gasteiger charge is -2.16. The third kappa shape index (κ3) is 4.77. The molecule has 0 unspecified atom stereocenters. The zero-order valence-corrected chi connectivity index (χ0v) is 16.5. The molecule has 1 atom stereocenters. The van der Waals surface area contributed by atoms with E-state index in [4.69, 9.17) is 4.52 Å². The van der Waals surface area contributed by atoms with Crippen LogP contribution in [0.15, 0.2) is 46.3 Å². The first-order valence-corrected chi connectivity index (χ1v) is 9.83. The molecule has 27 heavy (non-hydrogen) atoms. The van der Waals surface area contributed by atoms with Crippen LogP contribution in [0.5, 0.6) is 0 Å². The third-order valence-corrected chi connectivity index (χ3v) is 5.35. The average molecular weight is 385 g/mol. The van der Waals surface area contributed by atoms with Gasteiger partial charge in [0.1, 0.15) is 12.1 Å². The van der Waals surface area contributed by atoms with Gasteiger partial charge in [0, 0.05) is 6.07 Å². The highest BCUT2D eigenvalue weighted by Crippen LogP contribution is 2.29. The van der Waals surface area contributed by atoms with E-state index in [9.17, 15) is 4.79 Å². The van der Waals surface area contributed by atoms with Crippen molar-refractivity contribution in [2.75, 3.05) is 5.32 Å². The fourth-order valence-corrected chi connectivity index (χ4v) is 3.75. The summed E-state index contributed by atoms with van der Waals surface area (Å²) in [5.41, 5.74) is 2.12. The summed E-state index contributed by atoms with van der Waals surface area (Å²) in [5, 5.41) is 15.4. The lowest BCUT2D eigenvalue weighted by Crippen LogP contribution is -2.26. The maximum atomic E-state index is 12.8. The van der Waals surface area contributed by atoms with Crippen LogP contribution in [0.4, 0.5) is 5.82 Å². The highest BCUT2D eigenvalue weighted by atomic mass is 32.2. The predicted octanol–water partition coefficient (Wildman–Crippen LogP) is 4.16. The highest BCUT2D eigenvalue weighted by molar-refractivity contribution is 8.00. The number of rotatable bonds is 8. The van der Waals surface area contributed by atoms with Gasteiger partial charge in [0.25, 0.3) is 0 Å². The number of carbonyl (C=O) groups excluding carboxylic acids is 1. The van der Waals surface area contributed by atoms with Crippen molar-refractivity contribution in [3.05, 3.63) is 48.0 Å². The summed E-state index contributed by atoms with van der Waals surface area (Å²) in [6, 6.07) is 9.73. The number of aromatic nitrogens is 4. The topological polar surface area (TPSA) is 85.8 Å². The normalized spacial score (nSPS) is 12.1. The van der Waals surface area contributed by atoms with Crippen LogP contribution in [-0.4, -0.2) is 31.1 Å². The van der Waals surface area contributed by atoms with Gasteiger partial charge in [-0.05, 0) is 31.9 Å². The van der Waals surface area contributed by atoms with Gasteiger partial charge in [0.15, 0.2) is 11.0 Å². The number of aryl methyl sites for hydroxylation is 2. The minimum atomic E-state index is -0.297. The van der Waals surface area contributed by atoms with Crippen molar-refractivity contribution in [1.29, 1.82) is 0 Å². The van der Waals surface area contributed by atoms with Crippen molar-refractivity contribution in [2.24, 2.45) is 0 Å². The third-order valence-electron chi connectivity index (χ3n) is 4.13. The summed E-state index contributed by atoms with van der Waals surface area (Å²) in [7, 11) is 0. The molecule has 0 saturated heterocycles. The lowest BCUT2D eigenvalue weighted by atomic mass is 10.2. The first-order chi connectivity index (χ1) is 13.1. The van der Waals surface area contributed by atoms with Crippen molar-refractivity contribution in [2.45, 2.75) is 50.4 Å². The second-order valence-electron chi connectivity index (χ2n) is 6.33. The molecule has 8 heteroatoms. The summed E-state index contributed by atoms with van der Waals surface area (Å²) in [5.74, 6) is 0.975. The van der Waals surface area contributed by atoms with E-state index in [0.717, 1.165) is 30.5 Å². The van der Waals surface area contributed by atoms with Gasteiger partial charge in [0.05, 0.1) is 10.9 Å². The van der Waals surface area contributed by atoms with E-state index in [1.54, 1.807) is 19.3 Å². The molecule has 0 aliphatic heterocycles. The van der Waals surface area contributed by atoms with Gasteiger partial charge in [-0.1, -0.05) is 54.9 Å². The van der Waals surface area contributed by atoms with E-state index in [1.807, 2.05) is 35.8 Å². The predicted molar refractivity (Wildman–Crippen MR) is 105 cm³/mol. The van der Waals surface area contributed by atoms with Crippen molar-refractivity contribution in [3.8, 4) is 5.69 Å². The van der Waals surface area contributed by atoms with Gasteiger partial charge in [-0.15, -0.1) is 10.2 Å². The SMILES string of the molecule is CCCC[C@H](Sc1nncn1-c1ccccc1C)C(=O)Nc1cc(C)on1. The van der Waals surface area contributed by atoms with Crippen LogP contribution < -0.4 is 5.32 Å². The molecule has 1 amide bonds. The number of amides is 1. The largest absolute Gasteiger partial charge is 0.360 e. The maximum absolute atomic E-state index is 12.8. The Kier molecular flexibility index (Phi) is 6.28. The molecule has 1 N–H and O–H groups in total. The van der Waals surface area contributed by atoms with Crippen LogP contribution >= 0.6 is 11.8 Å². The Morgan fingerprint density at radius 3 is 2.85 bits per heavy atom. The quantitative estimate of drug-likeness (QED) is 0.586. The van der Waals surface area contributed by atoms with Crippen molar-refractivity contribution in [3.63, 3.8) is 0 Å². The van der Waals surface area contributed by atoms with E-state index >= 15 is 0 Å². The number of thioether (sulfide) groups is 1. The first-order valence-electron chi connectivity index (χ1n) is 8.95. The fourth-order valence-electron chi connectivity index (χ4n) is 2.70. The average Bonchev–Trinajstić information content (AvgIpc) is 3.27. The number of benzene rings is 1. The molecule has 1 aromatic carbocycles. The van der Waals surface area contributed by atoms with Gasteiger partial charge >= 0.3 is 0 Å². The molecular formula is C19H23N5O2S. The van der Waals surface area contributed by atoms with Gasteiger partial charge in [0.2, 0.25) is 5.91 Å². The van der Waals surface area contributed by atoms with Crippen molar-refractivity contribution in [1.82, 2.24) is 19.9 Å². The van der Waals surface area contributed by atoms with Crippen LogP contribution in [0.1, 0.15) is 37.5 Å². The summed E-state index contributed by atoms with van der Waals surface area (Å²) in [6.45, 7) is 5.94. The minimum absolute atomic E-state index is 0.110. The number of para-hydroxylation sites is 1. The van der Waals surface area contributed by atoms with E-state index in [0.29, 0.717) is 16.7 Å². The Labute approximate surface area is 162 Å². The second-order valence-corrected chi connectivity index (χ2v) is 7.50. The monoisotopic (exact) mass is 385 g/mol. The molecule has 7 nitrogen and oxygen atoms in total. The Hall–Kier alpha value is -2.61. The molecule has 3 aromatic rings. The summed E-state index contributed by atoms with van der Waals surface area (Å²) in [6.07, 6.45) is 4.38. The molecule has 2 aromatic heterocycles. The molecule has 0 aliphatic rings. The van der Waals surface area contributed by atoms with Crippen molar-refractivity contribution < 1.29 is 9.32 Å². The van der Waals surface area contributed by atoms with Crippen LogP contribution in [0, 0.1) is 13.8 Å². The number of unbranched alkanes of at least 4 members (excludes halogenated alkanes) is 1. The highest BCUT2D eigenvalue weighted by Gasteiger charge is 2.23. The van der Waals surface area contributed by atoms with E-state index in [1.165, 1.54) is 11.8 Å². The van der Waals surface area contributed by atoms with E-state index in [-0.39, 0.29) is 11.2 Å². The molecule has 0 saturated carbocycles. The Morgan fingerprint density at radius 2 is 2.15 bits per heavy atom.